The van der Waals surface area contributed by atoms with Crippen LogP contribution in [0, 0.1) is 0 Å². The Morgan fingerprint density at radius 1 is 0.130 bits per heavy atom. The van der Waals surface area contributed by atoms with Crippen LogP contribution >= 0.6 is 0 Å². The molecule has 0 saturated heterocycles. The maximum Gasteiger partial charge on any atom is 2.00 e. The zero-order valence-corrected chi connectivity index (χ0v) is 69.3. The first-order valence-corrected chi connectivity index (χ1v) is 39.8. The molecular weight excluding hydrogens is 1450 g/mol. The second kappa shape index (κ2) is 121. The van der Waals surface area contributed by atoms with Gasteiger partial charge in [0.1, 0.15) is 0 Å². The number of rotatable bonds is 64. The summed E-state index contributed by atoms with van der Waals surface area (Å²) in [5, 5.41) is 80.2. The molecule has 0 aliphatic carbocycles. The number of aliphatic carboxylic acids is 8. The fourth-order valence-corrected chi connectivity index (χ4v) is 9.81. The van der Waals surface area contributed by atoms with Crippen LogP contribution in [0.25, 0.3) is 0 Å². The molecule has 0 bridgehead atoms. The van der Waals surface area contributed by atoms with Crippen LogP contribution < -0.4 is 40.9 Å². The Balaban J connectivity index is -0.0000000880. The second-order valence-electron chi connectivity index (χ2n) is 25.9. The minimum absolute atomic E-state index is 0. The number of unbranched alkanes of at least 4 members (excludes halogenated alkanes) is 48. The zero-order valence-electron chi connectivity index (χ0n) is 65.1. The molecule has 0 N–H and O–H groups in total. The molecule has 0 saturated carbocycles. The summed E-state index contributed by atoms with van der Waals surface area (Å²) in [6.45, 7) is 17.5. The van der Waals surface area contributed by atoms with Crippen LogP contribution in [0.2, 0.25) is 0 Å². The summed E-state index contributed by atoms with van der Waals surface area (Å²) in [6, 6.07) is 0. The van der Waals surface area contributed by atoms with Gasteiger partial charge < -0.3 is 79.2 Å². The summed E-state index contributed by atoms with van der Waals surface area (Å²) >= 11 is 0. The Labute approximate surface area is 656 Å². The van der Waals surface area contributed by atoms with Gasteiger partial charge in [0.2, 0.25) is 0 Å². The fraction of sp³-hybridized carbons (Fsp3) is 0.900. The maximum atomic E-state index is 10.0. The molecule has 20 heteroatoms. The third-order valence-corrected chi connectivity index (χ3v) is 15.9. The van der Waals surface area contributed by atoms with Crippen molar-refractivity contribution in [3.63, 3.8) is 0 Å². The van der Waals surface area contributed by atoms with E-state index >= 15 is 0 Å². The van der Waals surface area contributed by atoms with Crippen LogP contribution in [0.3, 0.4) is 0 Å². The van der Waals surface area contributed by atoms with Crippen molar-refractivity contribution in [2.24, 2.45) is 0 Å². The molecule has 0 aromatic rings. The van der Waals surface area contributed by atoms with E-state index in [1.54, 1.807) is 0 Å². The Kier molecular flexibility index (Phi) is 150. The summed E-state index contributed by atoms with van der Waals surface area (Å²) in [5.74, 6) is -7.31. The van der Waals surface area contributed by atoms with Gasteiger partial charge in [0.05, 0.1) is 0 Å². The molecular formula is C80H152Co4O16. The van der Waals surface area contributed by atoms with Crippen LogP contribution in [-0.4, -0.2) is 47.8 Å². The van der Waals surface area contributed by atoms with Crippen molar-refractivity contribution in [1.29, 1.82) is 0 Å². The predicted molar refractivity (Wildman–Crippen MR) is 381 cm³/mol. The van der Waals surface area contributed by atoms with Crippen LogP contribution in [0.15, 0.2) is 0 Å². The largest absolute Gasteiger partial charge is 2.00 e. The number of carboxylic acid groups (broad SMARTS) is 8. The third kappa shape index (κ3) is 177. The predicted octanol–water partition coefficient (Wildman–Crippen LogP) is 15.0. The summed E-state index contributed by atoms with van der Waals surface area (Å²) in [5.41, 5.74) is 0. The molecule has 0 atom stereocenters. The Hall–Kier alpha value is -2.21. The van der Waals surface area contributed by atoms with Gasteiger partial charge in [0.15, 0.2) is 0 Å². The van der Waals surface area contributed by atoms with Gasteiger partial charge in [-0.2, -0.15) is 0 Å². The van der Waals surface area contributed by atoms with Crippen molar-refractivity contribution < 1.29 is 146 Å². The van der Waals surface area contributed by atoms with Gasteiger partial charge in [-0.1, -0.05) is 364 Å². The molecule has 0 fully saturated rings. The topological polar surface area (TPSA) is 321 Å². The molecule has 0 heterocycles. The first-order chi connectivity index (χ1) is 46.2. The number of carboxylic acids is 8. The van der Waals surface area contributed by atoms with E-state index in [0.29, 0.717) is 0 Å². The van der Waals surface area contributed by atoms with Crippen molar-refractivity contribution in [2.75, 3.05) is 0 Å². The molecule has 0 amide bonds. The molecule has 604 valence electrons. The Bertz CT molecular complexity index is 1240. The van der Waals surface area contributed by atoms with E-state index < -0.39 is 47.8 Å². The first-order valence-electron chi connectivity index (χ1n) is 39.8. The van der Waals surface area contributed by atoms with E-state index in [0.717, 1.165) is 103 Å². The van der Waals surface area contributed by atoms with Gasteiger partial charge in [-0.15, -0.1) is 0 Å². The molecule has 0 spiro atoms. The van der Waals surface area contributed by atoms with E-state index in [9.17, 15) is 79.2 Å². The quantitative estimate of drug-likeness (QED) is 0.0511. The monoisotopic (exact) mass is 1600 g/mol. The molecule has 0 unspecified atom stereocenters. The van der Waals surface area contributed by atoms with Gasteiger partial charge in [-0.05, 0) is 103 Å². The number of hydrogen-bond donors (Lipinski definition) is 0. The molecule has 16 nitrogen and oxygen atoms in total. The average Bonchev–Trinajstić information content (AvgIpc) is 3.60. The summed E-state index contributed by atoms with van der Waals surface area (Å²) in [7, 11) is 0. The van der Waals surface area contributed by atoms with Crippen LogP contribution in [0.4, 0.5) is 0 Å². The normalized spacial score (nSPS) is 9.68. The number of hydrogen-bond acceptors (Lipinski definition) is 16. The van der Waals surface area contributed by atoms with Crippen molar-refractivity contribution in [3.8, 4) is 0 Å². The zero-order chi connectivity index (χ0) is 73.9. The minimum atomic E-state index is -0.913. The summed E-state index contributed by atoms with van der Waals surface area (Å²) in [6.07, 6.45) is 66.7. The van der Waals surface area contributed by atoms with Crippen LogP contribution in [0.1, 0.15) is 466 Å². The number of carbonyl (C=O) groups excluding carboxylic acids is 8. The van der Waals surface area contributed by atoms with Gasteiger partial charge in [-0.3, -0.25) is 0 Å². The molecule has 0 aliphatic heterocycles. The van der Waals surface area contributed by atoms with Gasteiger partial charge in [-0.25, -0.2) is 0 Å². The summed E-state index contributed by atoms with van der Waals surface area (Å²) in [4.78, 5) is 80.2. The van der Waals surface area contributed by atoms with Crippen molar-refractivity contribution in [1.82, 2.24) is 0 Å². The Morgan fingerprint density at radius 3 is 0.250 bits per heavy atom. The molecule has 100 heavy (non-hydrogen) atoms. The number of carbonyl (C=O) groups is 8. The Morgan fingerprint density at radius 2 is 0.190 bits per heavy atom. The van der Waals surface area contributed by atoms with E-state index in [4.69, 9.17) is 0 Å². The first kappa shape index (κ1) is 124. The maximum absolute atomic E-state index is 10.0. The van der Waals surface area contributed by atoms with Gasteiger partial charge in [0.25, 0.3) is 0 Å². The average molecular weight is 1610 g/mol. The summed E-state index contributed by atoms with van der Waals surface area (Å²) < 4.78 is 0. The third-order valence-electron chi connectivity index (χ3n) is 15.9. The van der Waals surface area contributed by atoms with E-state index in [1.165, 1.54) is 257 Å². The fourth-order valence-electron chi connectivity index (χ4n) is 9.81. The van der Waals surface area contributed by atoms with Crippen LogP contribution in [0.5, 0.6) is 0 Å². The van der Waals surface area contributed by atoms with Crippen molar-refractivity contribution >= 4 is 47.8 Å². The van der Waals surface area contributed by atoms with Crippen molar-refractivity contribution in [2.45, 2.75) is 466 Å². The molecule has 0 rings (SSSR count). The second-order valence-corrected chi connectivity index (χ2v) is 25.9. The van der Waals surface area contributed by atoms with Gasteiger partial charge >= 0.3 is 67.1 Å². The molecule has 0 aromatic carbocycles. The smallest absolute Gasteiger partial charge is 0.550 e. The minimum Gasteiger partial charge on any atom is -0.550 e. The molecule has 4 radical (unpaired) electrons. The van der Waals surface area contributed by atoms with Gasteiger partial charge in [0, 0.05) is 47.8 Å². The SMILES string of the molecule is CCCCCCCCCC(=O)[O-].CCCCCCCCCC(=O)[O-].CCCCCCCCCC(=O)[O-].CCCCCCCCCC(=O)[O-].CCCCCCCCCC(=O)[O-].CCCCCCCCCC(=O)[O-].CCCCCCCCCC(=O)[O-].CCCCCCCCCC(=O)[O-].[Co+2].[Co+2].[Co+2].[Co+2]. The van der Waals surface area contributed by atoms with E-state index in [-0.39, 0.29) is 118 Å². The van der Waals surface area contributed by atoms with E-state index in [1.807, 2.05) is 0 Å². The van der Waals surface area contributed by atoms with Crippen molar-refractivity contribution in [3.05, 3.63) is 0 Å². The molecule has 0 aliphatic rings. The molecule has 0 aromatic heterocycles. The standard InChI is InChI=1S/8C10H20O2.4Co/c8*1-2-3-4-5-6-7-8-9-10(11)12;;;;/h8*2-9H2,1H3,(H,11,12);;;;/q;;;;;;;;4*+2/p-8. The van der Waals surface area contributed by atoms with Crippen LogP contribution in [-0.2, 0) is 105 Å². The van der Waals surface area contributed by atoms with E-state index in [2.05, 4.69) is 55.4 Å².